The lowest BCUT2D eigenvalue weighted by Gasteiger charge is -2.20. The zero-order valence-electron chi connectivity index (χ0n) is 21.6. The fourth-order valence-electron chi connectivity index (χ4n) is 4.01. The smallest absolute Gasteiger partial charge is 0.283 e. The quantitative estimate of drug-likeness (QED) is 0.226. The Hall–Kier alpha value is -3.88. The van der Waals surface area contributed by atoms with Crippen molar-refractivity contribution >= 4 is 51.4 Å². The minimum Gasteiger partial charge on any atom is -0.490 e. The van der Waals surface area contributed by atoms with Crippen molar-refractivity contribution in [1.82, 2.24) is 5.01 Å². The van der Waals surface area contributed by atoms with Gasteiger partial charge in [0.25, 0.3) is 5.91 Å². The standard InChI is InChI=1S/C30H27ClN4O3S/c1-3-19(2)21-10-14-23(15-11-21)38-17-16-37-22-12-8-20(9-13-22)18-25-27(32)35-30(33-28(25)36)39-29(34-35)24-6-4-5-7-26(24)31/h4-15,18-19,32H,3,16-17H2,1-2H3/b25-18-,32-27?. The molecular formula is C30H27ClN4O3S. The summed E-state index contributed by atoms with van der Waals surface area (Å²) in [7, 11) is 0. The first-order valence-electron chi connectivity index (χ1n) is 12.6. The monoisotopic (exact) mass is 558 g/mol. The van der Waals surface area contributed by atoms with Gasteiger partial charge >= 0.3 is 0 Å². The molecule has 198 valence electrons. The van der Waals surface area contributed by atoms with E-state index in [4.69, 9.17) is 26.5 Å². The van der Waals surface area contributed by atoms with Crippen molar-refractivity contribution in [3.63, 3.8) is 0 Å². The van der Waals surface area contributed by atoms with Crippen molar-refractivity contribution in [1.29, 1.82) is 5.41 Å². The topological polar surface area (TPSA) is 87.3 Å². The van der Waals surface area contributed by atoms with Crippen LogP contribution in [0.3, 0.4) is 0 Å². The second kappa shape index (κ2) is 11.9. The van der Waals surface area contributed by atoms with Gasteiger partial charge in [0.15, 0.2) is 5.84 Å². The van der Waals surface area contributed by atoms with E-state index in [1.54, 1.807) is 12.1 Å². The molecule has 7 nitrogen and oxygen atoms in total. The number of carbonyl (C=O) groups is 1. The van der Waals surface area contributed by atoms with Crippen LogP contribution in [0.4, 0.5) is 0 Å². The highest BCUT2D eigenvalue weighted by Crippen LogP contribution is 2.33. The molecule has 2 aliphatic rings. The molecule has 0 aromatic heterocycles. The highest BCUT2D eigenvalue weighted by atomic mass is 35.5. The van der Waals surface area contributed by atoms with Crippen molar-refractivity contribution in [2.24, 2.45) is 10.1 Å². The maximum Gasteiger partial charge on any atom is 0.283 e. The molecule has 3 aromatic carbocycles. The summed E-state index contributed by atoms with van der Waals surface area (Å²) in [6.07, 6.45) is 2.74. The Morgan fingerprint density at radius 2 is 1.64 bits per heavy atom. The molecule has 3 aromatic rings. The molecule has 0 bridgehead atoms. The van der Waals surface area contributed by atoms with Crippen molar-refractivity contribution in [3.8, 4) is 11.5 Å². The second-order valence-corrected chi connectivity index (χ2v) is 10.4. The fraction of sp³-hybridized carbons (Fsp3) is 0.200. The molecule has 1 amide bonds. The molecule has 2 aliphatic heterocycles. The fourth-order valence-corrected chi connectivity index (χ4v) is 5.22. The Balaban J connectivity index is 1.18. The van der Waals surface area contributed by atoms with Crippen molar-refractivity contribution < 1.29 is 14.3 Å². The predicted octanol–water partition coefficient (Wildman–Crippen LogP) is 6.98. The maximum atomic E-state index is 12.7. The van der Waals surface area contributed by atoms with E-state index in [0.29, 0.717) is 40.1 Å². The molecule has 39 heavy (non-hydrogen) atoms. The average molecular weight is 559 g/mol. The van der Waals surface area contributed by atoms with Crippen LogP contribution in [0.2, 0.25) is 5.02 Å². The zero-order chi connectivity index (χ0) is 27.4. The lowest BCUT2D eigenvalue weighted by molar-refractivity contribution is -0.114. The van der Waals surface area contributed by atoms with E-state index in [9.17, 15) is 4.79 Å². The number of carbonyl (C=O) groups excluding carboxylic acids is 1. The highest BCUT2D eigenvalue weighted by Gasteiger charge is 2.36. The number of halogens is 1. The maximum absolute atomic E-state index is 12.7. The number of hydrazone groups is 1. The molecule has 1 unspecified atom stereocenters. The Labute approximate surface area is 236 Å². The number of rotatable bonds is 9. The third-order valence-electron chi connectivity index (χ3n) is 6.43. The Morgan fingerprint density at radius 3 is 2.28 bits per heavy atom. The first kappa shape index (κ1) is 26.7. The van der Waals surface area contributed by atoms with Crippen LogP contribution in [-0.4, -0.2) is 40.2 Å². The summed E-state index contributed by atoms with van der Waals surface area (Å²) in [6, 6.07) is 22.8. The van der Waals surface area contributed by atoms with Gasteiger partial charge in [-0.2, -0.15) is 15.1 Å². The molecule has 0 saturated heterocycles. The van der Waals surface area contributed by atoms with Gasteiger partial charge in [-0.3, -0.25) is 10.2 Å². The van der Waals surface area contributed by atoms with Crippen LogP contribution in [0, 0.1) is 5.41 Å². The van der Waals surface area contributed by atoms with Gasteiger partial charge in [-0.05, 0) is 71.6 Å². The van der Waals surface area contributed by atoms with E-state index < -0.39 is 5.91 Å². The zero-order valence-corrected chi connectivity index (χ0v) is 23.1. The predicted molar refractivity (Wildman–Crippen MR) is 158 cm³/mol. The third kappa shape index (κ3) is 6.08. The molecule has 1 N–H and O–H groups in total. The van der Waals surface area contributed by atoms with Gasteiger partial charge in [0.05, 0.1) is 10.6 Å². The Bertz CT molecular complexity index is 1480. The van der Waals surface area contributed by atoms with E-state index in [0.717, 1.165) is 23.3 Å². The number of benzene rings is 3. The molecule has 0 aliphatic carbocycles. The number of hydrogen-bond acceptors (Lipinski definition) is 6. The second-order valence-electron chi connectivity index (χ2n) is 9.05. The van der Waals surface area contributed by atoms with E-state index in [1.165, 1.54) is 22.3 Å². The van der Waals surface area contributed by atoms with Crippen LogP contribution in [0.1, 0.15) is 42.9 Å². The van der Waals surface area contributed by atoms with Gasteiger partial charge in [0.2, 0.25) is 5.17 Å². The molecule has 1 atom stereocenters. The van der Waals surface area contributed by atoms with Crippen molar-refractivity contribution in [2.75, 3.05) is 13.2 Å². The number of ether oxygens (including phenoxy) is 2. The normalized spacial score (nSPS) is 16.6. The summed E-state index contributed by atoms with van der Waals surface area (Å²) < 4.78 is 11.6. The van der Waals surface area contributed by atoms with Crippen LogP contribution in [-0.2, 0) is 4.79 Å². The first-order chi connectivity index (χ1) is 18.9. The van der Waals surface area contributed by atoms with Gasteiger partial charge in [-0.25, -0.2) is 0 Å². The van der Waals surface area contributed by atoms with Crippen LogP contribution in [0.25, 0.3) is 6.08 Å². The van der Waals surface area contributed by atoms with Gasteiger partial charge in [0.1, 0.15) is 29.8 Å². The first-order valence-corrected chi connectivity index (χ1v) is 13.8. The van der Waals surface area contributed by atoms with E-state index >= 15 is 0 Å². The Kier molecular flexibility index (Phi) is 8.14. The van der Waals surface area contributed by atoms with E-state index in [-0.39, 0.29) is 11.4 Å². The summed E-state index contributed by atoms with van der Waals surface area (Å²) in [5.41, 5.74) is 2.94. The van der Waals surface area contributed by atoms with Crippen LogP contribution in [0.15, 0.2) is 88.5 Å². The SMILES string of the molecule is CCC(C)c1ccc(OCCOc2ccc(/C=C3/C(=N)N4N=C(c5ccccc5Cl)SC4=NC3=O)cc2)cc1. The van der Waals surface area contributed by atoms with Crippen LogP contribution in [0.5, 0.6) is 11.5 Å². The number of amidine groups is 2. The molecule has 2 heterocycles. The molecule has 5 rings (SSSR count). The highest BCUT2D eigenvalue weighted by molar-refractivity contribution is 8.27. The molecule has 0 saturated carbocycles. The van der Waals surface area contributed by atoms with Crippen LogP contribution < -0.4 is 9.47 Å². The number of thioether (sulfide) groups is 1. The molecule has 9 heteroatoms. The van der Waals surface area contributed by atoms with Gasteiger partial charge < -0.3 is 9.47 Å². The minimum atomic E-state index is -0.482. The summed E-state index contributed by atoms with van der Waals surface area (Å²) in [5.74, 6) is 1.52. The largest absolute Gasteiger partial charge is 0.490 e. The molecule has 0 radical (unpaired) electrons. The molecular weight excluding hydrogens is 532 g/mol. The van der Waals surface area contributed by atoms with Gasteiger partial charge in [0, 0.05) is 5.56 Å². The number of aliphatic imine (C=N–C) groups is 1. The van der Waals surface area contributed by atoms with Gasteiger partial charge in [-0.1, -0.05) is 67.9 Å². The number of hydrogen-bond donors (Lipinski definition) is 1. The van der Waals surface area contributed by atoms with E-state index in [2.05, 4.69) is 36.1 Å². The summed E-state index contributed by atoms with van der Waals surface area (Å²) >= 11 is 7.52. The number of fused-ring (bicyclic) bond motifs is 1. The molecule has 0 spiro atoms. The lowest BCUT2D eigenvalue weighted by Crippen LogP contribution is -2.35. The minimum absolute atomic E-state index is 0.0331. The number of nitrogens with one attached hydrogen (secondary N) is 1. The van der Waals surface area contributed by atoms with Gasteiger partial charge in [-0.15, -0.1) is 0 Å². The summed E-state index contributed by atoms with van der Waals surface area (Å²) in [6.45, 7) is 5.21. The third-order valence-corrected chi connectivity index (χ3v) is 7.70. The summed E-state index contributed by atoms with van der Waals surface area (Å²) in [5, 5.41) is 15.9. The average Bonchev–Trinajstić information content (AvgIpc) is 3.38. The lowest BCUT2D eigenvalue weighted by atomic mass is 9.99. The summed E-state index contributed by atoms with van der Waals surface area (Å²) in [4.78, 5) is 16.9. The number of amides is 1. The van der Waals surface area contributed by atoms with E-state index in [1.807, 2.05) is 54.6 Å². The van der Waals surface area contributed by atoms with Crippen molar-refractivity contribution in [2.45, 2.75) is 26.2 Å². The van der Waals surface area contributed by atoms with Crippen LogP contribution >= 0.6 is 23.4 Å². The number of nitrogens with zero attached hydrogens (tertiary/aromatic N) is 3. The van der Waals surface area contributed by atoms with Crippen molar-refractivity contribution in [3.05, 3.63) is 100 Å². The Morgan fingerprint density at radius 1 is 1.00 bits per heavy atom. The molecule has 0 fully saturated rings.